The SMILES string of the molecule is CC(=O)O[C@@H]([C]1C[C@@H](C)[C@H]2[C](O1)[C@H](O)[C@@]1(C)[C]3CC[C@H]4C(C)(C)C(O)CC[C@]4(C)C3=CC[C@]21C)C(C)(C)O. The van der Waals surface area contributed by atoms with Crippen LogP contribution in [0, 0.1) is 57.5 Å². The van der Waals surface area contributed by atoms with Gasteiger partial charge in [0.05, 0.1) is 17.8 Å². The van der Waals surface area contributed by atoms with Gasteiger partial charge in [-0.15, -0.1) is 0 Å². The van der Waals surface area contributed by atoms with E-state index in [1.165, 1.54) is 18.4 Å². The van der Waals surface area contributed by atoms with Crippen LogP contribution in [-0.4, -0.2) is 45.2 Å². The predicted molar refractivity (Wildman–Crippen MR) is 145 cm³/mol. The van der Waals surface area contributed by atoms with Gasteiger partial charge in [0.1, 0.15) is 12.2 Å². The molecule has 3 N–H and O–H groups in total. The highest BCUT2D eigenvalue weighted by Gasteiger charge is 2.73. The summed E-state index contributed by atoms with van der Waals surface area (Å²) in [6, 6.07) is 0. The van der Waals surface area contributed by atoms with Gasteiger partial charge in [-0.25, -0.2) is 0 Å². The zero-order valence-electron chi connectivity index (χ0n) is 24.9. The summed E-state index contributed by atoms with van der Waals surface area (Å²) in [5.41, 5.74) is -0.789. The van der Waals surface area contributed by atoms with Gasteiger partial charge >= 0.3 is 5.97 Å². The van der Waals surface area contributed by atoms with Crippen LogP contribution in [0.2, 0.25) is 0 Å². The van der Waals surface area contributed by atoms with E-state index in [9.17, 15) is 20.1 Å². The Morgan fingerprint density at radius 3 is 2.42 bits per heavy atom. The van der Waals surface area contributed by atoms with Crippen molar-refractivity contribution in [1.82, 2.24) is 0 Å². The number of aliphatic hydroxyl groups is 3. The van der Waals surface area contributed by atoms with Crippen LogP contribution >= 0.6 is 0 Å². The summed E-state index contributed by atoms with van der Waals surface area (Å²) >= 11 is 0. The molecule has 6 heteroatoms. The summed E-state index contributed by atoms with van der Waals surface area (Å²) in [5, 5.41) is 33.9. The van der Waals surface area contributed by atoms with Crippen molar-refractivity contribution in [2.45, 2.75) is 125 Å². The van der Waals surface area contributed by atoms with E-state index in [1.807, 2.05) is 0 Å². The third-order valence-electron chi connectivity index (χ3n) is 12.0. The van der Waals surface area contributed by atoms with Crippen molar-refractivity contribution in [1.29, 1.82) is 0 Å². The number of ether oxygens (including phenoxy) is 2. The van der Waals surface area contributed by atoms with Gasteiger partial charge in [0.15, 0.2) is 6.10 Å². The highest BCUT2D eigenvalue weighted by molar-refractivity contribution is 5.66. The zero-order chi connectivity index (χ0) is 28.2. The Morgan fingerprint density at radius 1 is 1.16 bits per heavy atom. The molecule has 0 aromatic carbocycles. The van der Waals surface area contributed by atoms with Crippen LogP contribution < -0.4 is 0 Å². The minimum absolute atomic E-state index is 0.0239. The van der Waals surface area contributed by atoms with E-state index in [4.69, 9.17) is 9.47 Å². The Bertz CT molecular complexity index is 996. The molecule has 1 heterocycles. The maximum Gasteiger partial charge on any atom is 0.303 e. The lowest BCUT2D eigenvalue weighted by Gasteiger charge is -2.64. The fourth-order valence-electron chi connectivity index (χ4n) is 9.87. The average molecular weight is 530 g/mol. The van der Waals surface area contributed by atoms with Gasteiger partial charge in [0, 0.05) is 24.2 Å². The largest absolute Gasteiger partial charge is 0.456 e. The lowest BCUT2D eigenvalue weighted by Crippen LogP contribution is -2.58. The highest BCUT2D eigenvalue weighted by atomic mass is 16.6. The molecule has 4 fully saturated rings. The lowest BCUT2D eigenvalue weighted by molar-refractivity contribution is -0.171. The Balaban J connectivity index is 1.51. The second-order valence-corrected chi connectivity index (χ2v) is 15.0. The first-order valence-corrected chi connectivity index (χ1v) is 14.6. The number of rotatable bonds is 3. The molecule has 0 amide bonds. The summed E-state index contributed by atoms with van der Waals surface area (Å²) in [7, 11) is 0. The fraction of sp³-hybridized carbons (Fsp3) is 0.812. The van der Waals surface area contributed by atoms with E-state index in [-0.39, 0.29) is 34.2 Å². The Kier molecular flexibility index (Phi) is 6.60. The molecule has 1 saturated heterocycles. The van der Waals surface area contributed by atoms with Crippen LogP contribution in [0.1, 0.15) is 101 Å². The topological polar surface area (TPSA) is 96.2 Å². The lowest BCUT2D eigenvalue weighted by atomic mass is 9.41. The van der Waals surface area contributed by atoms with Gasteiger partial charge in [-0.2, -0.15) is 0 Å². The minimum Gasteiger partial charge on any atom is -0.456 e. The molecule has 5 rings (SSSR count). The third-order valence-corrected chi connectivity index (χ3v) is 12.0. The minimum atomic E-state index is -1.31. The van der Waals surface area contributed by atoms with E-state index in [2.05, 4.69) is 47.6 Å². The molecule has 0 spiro atoms. The average Bonchev–Trinajstić information content (AvgIpc) is 2.98. The van der Waals surface area contributed by atoms with Crippen LogP contribution in [0.5, 0.6) is 0 Å². The number of hydrogen-bond acceptors (Lipinski definition) is 6. The van der Waals surface area contributed by atoms with Crippen molar-refractivity contribution in [2.24, 2.45) is 39.4 Å². The van der Waals surface area contributed by atoms with Crippen molar-refractivity contribution < 1.29 is 29.6 Å². The first kappa shape index (κ1) is 28.6. The number of esters is 1. The van der Waals surface area contributed by atoms with Crippen molar-refractivity contribution in [3.63, 3.8) is 0 Å². The van der Waals surface area contributed by atoms with Gasteiger partial charge in [0.2, 0.25) is 0 Å². The van der Waals surface area contributed by atoms with Crippen molar-refractivity contribution in [3.05, 3.63) is 29.8 Å². The molecule has 1 unspecified atom stereocenters. The molecule has 0 aromatic rings. The molecule has 0 aromatic heterocycles. The van der Waals surface area contributed by atoms with E-state index in [0.717, 1.165) is 32.1 Å². The normalized spacial score (nSPS) is 46.3. The Hall–Kier alpha value is -0.950. The number of fused-ring (bicyclic) bond motifs is 7. The van der Waals surface area contributed by atoms with Crippen LogP contribution in [0.3, 0.4) is 0 Å². The molecule has 213 valence electrons. The second-order valence-electron chi connectivity index (χ2n) is 15.0. The van der Waals surface area contributed by atoms with Crippen LogP contribution in [0.15, 0.2) is 11.6 Å². The second kappa shape index (κ2) is 8.77. The molecule has 3 radical (unpaired) electrons. The summed E-state index contributed by atoms with van der Waals surface area (Å²) in [6.45, 7) is 18.2. The number of hydrogen-bond donors (Lipinski definition) is 3. The number of allylic oxidation sites excluding steroid dienone is 2. The third kappa shape index (κ3) is 3.68. The predicted octanol–water partition coefficient (Wildman–Crippen LogP) is 5.31. The fourth-order valence-corrected chi connectivity index (χ4v) is 9.87. The van der Waals surface area contributed by atoms with Crippen LogP contribution in [0.4, 0.5) is 0 Å². The van der Waals surface area contributed by atoms with Crippen molar-refractivity contribution in [2.75, 3.05) is 0 Å². The monoisotopic (exact) mass is 529 g/mol. The maximum atomic E-state index is 12.2. The summed E-state index contributed by atoms with van der Waals surface area (Å²) in [4.78, 5) is 11.9. The maximum absolute atomic E-state index is 12.2. The quantitative estimate of drug-likeness (QED) is 0.429. The molecule has 9 atom stereocenters. The molecular formula is C32H49O6. The van der Waals surface area contributed by atoms with Gasteiger partial charge in [0.25, 0.3) is 0 Å². The van der Waals surface area contributed by atoms with Gasteiger partial charge in [-0.3, -0.25) is 4.79 Å². The van der Waals surface area contributed by atoms with Crippen molar-refractivity contribution >= 4 is 5.97 Å². The number of aliphatic hydroxyl groups excluding tert-OH is 2. The molecule has 1 aliphatic heterocycles. The summed E-state index contributed by atoms with van der Waals surface area (Å²) < 4.78 is 12.1. The molecule has 0 bridgehead atoms. The van der Waals surface area contributed by atoms with E-state index in [1.54, 1.807) is 13.8 Å². The summed E-state index contributed by atoms with van der Waals surface area (Å²) in [5.74, 6) is 1.49. The first-order valence-electron chi connectivity index (χ1n) is 14.6. The molecular weight excluding hydrogens is 480 g/mol. The highest BCUT2D eigenvalue weighted by Crippen LogP contribution is 2.76. The van der Waals surface area contributed by atoms with Crippen LogP contribution in [-0.2, 0) is 14.3 Å². The van der Waals surface area contributed by atoms with Gasteiger partial charge in [-0.1, -0.05) is 53.2 Å². The van der Waals surface area contributed by atoms with Gasteiger partial charge < -0.3 is 24.8 Å². The number of carbonyl (C=O) groups is 1. The first-order chi connectivity index (χ1) is 17.4. The standard InChI is InChI=1S/C32H49O6/c1-17-16-21(27(29(5,6)36)37-18(2)33)38-25-24(17)31(8)15-12-19-20(32(31,9)26(25)35)10-11-22-28(3,4)23(34)13-14-30(19,22)7/h12,17,22-24,26-27,34-36H,10-11,13-16H2,1-9H3/t17-,22+,23?,24+,26+,27+,30-,31-,32-/m1/s1. The summed E-state index contributed by atoms with van der Waals surface area (Å²) in [6.07, 6.45) is 6.77. The number of carbonyl (C=O) groups excluding carboxylic acids is 1. The molecule has 38 heavy (non-hydrogen) atoms. The van der Waals surface area contributed by atoms with E-state index in [0.29, 0.717) is 24.5 Å². The Morgan fingerprint density at radius 2 is 1.82 bits per heavy atom. The van der Waals surface area contributed by atoms with Crippen LogP contribution in [0.25, 0.3) is 0 Å². The van der Waals surface area contributed by atoms with Crippen molar-refractivity contribution in [3.8, 4) is 0 Å². The Labute approximate surface area is 229 Å². The molecule has 6 nitrogen and oxygen atoms in total. The molecule has 3 saturated carbocycles. The van der Waals surface area contributed by atoms with E-state index < -0.39 is 29.2 Å². The van der Waals surface area contributed by atoms with E-state index >= 15 is 0 Å². The smallest absolute Gasteiger partial charge is 0.303 e. The molecule has 5 aliphatic rings. The zero-order valence-corrected chi connectivity index (χ0v) is 24.9. The molecule has 4 aliphatic carbocycles. The van der Waals surface area contributed by atoms with Gasteiger partial charge in [-0.05, 0) is 80.5 Å².